The summed E-state index contributed by atoms with van der Waals surface area (Å²) in [5.41, 5.74) is 4.73. The number of carbonyl (C=O) groups excluding carboxylic acids is 2. The van der Waals surface area contributed by atoms with Gasteiger partial charge in [0.05, 0.1) is 25.9 Å². The number of methoxy groups -OCH3 is 1. The quantitative estimate of drug-likeness (QED) is 0.713. The first-order chi connectivity index (χ1) is 12.4. The lowest BCUT2D eigenvalue weighted by atomic mass is 10.1. The van der Waals surface area contributed by atoms with Crippen molar-refractivity contribution in [1.82, 2.24) is 5.32 Å². The fourth-order valence-electron chi connectivity index (χ4n) is 2.54. The van der Waals surface area contributed by atoms with E-state index in [1.54, 1.807) is 13.2 Å². The van der Waals surface area contributed by atoms with E-state index >= 15 is 0 Å². The minimum Gasteiger partial charge on any atom is -0.495 e. The van der Waals surface area contributed by atoms with E-state index < -0.39 is 0 Å². The Bertz CT molecular complexity index is 803. The van der Waals surface area contributed by atoms with Crippen LogP contribution in [0.3, 0.4) is 0 Å². The number of ether oxygens (including phenoxy) is 1. The molecule has 0 heterocycles. The Kier molecular flexibility index (Phi) is 6.60. The van der Waals surface area contributed by atoms with Gasteiger partial charge in [-0.3, -0.25) is 9.59 Å². The molecule has 0 spiro atoms. The summed E-state index contributed by atoms with van der Waals surface area (Å²) in [6.45, 7) is 5.92. The third kappa shape index (κ3) is 5.51. The van der Waals surface area contributed by atoms with Gasteiger partial charge in [-0.1, -0.05) is 23.8 Å². The van der Waals surface area contributed by atoms with Gasteiger partial charge in [-0.05, 0) is 50.1 Å². The fraction of sp³-hybridized carbons (Fsp3) is 0.300. The molecule has 0 unspecified atom stereocenters. The molecule has 138 valence electrons. The summed E-state index contributed by atoms with van der Waals surface area (Å²) in [5, 5.41) is 8.42. The van der Waals surface area contributed by atoms with Gasteiger partial charge in [0.25, 0.3) is 0 Å². The summed E-state index contributed by atoms with van der Waals surface area (Å²) in [5.74, 6) is 0.0110. The smallest absolute Gasteiger partial charge is 0.243 e. The van der Waals surface area contributed by atoms with E-state index in [0.717, 1.165) is 16.8 Å². The minimum atomic E-state index is -0.311. The van der Waals surface area contributed by atoms with Crippen LogP contribution in [0.4, 0.5) is 11.4 Å². The number of aryl methyl sites for hydroxylation is 3. The van der Waals surface area contributed by atoms with Crippen LogP contribution in [-0.4, -0.2) is 32.0 Å². The van der Waals surface area contributed by atoms with Crippen molar-refractivity contribution in [2.24, 2.45) is 0 Å². The first kappa shape index (κ1) is 19.3. The van der Waals surface area contributed by atoms with Crippen molar-refractivity contribution < 1.29 is 14.3 Å². The summed E-state index contributed by atoms with van der Waals surface area (Å²) in [6, 6.07) is 11.5. The molecular weight excluding hydrogens is 330 g/mol. The van der Waals surface area contributed by atoms with Gasteiger partial charge in [0.2, 0.25) is 11.8 Å². The first-order valence-corrected chi connectivity index (χ1v) is 8.41. The summed E-state index contributed by atoms with van der Waals surface area (Å²) in [4.78, 5) is 24.0. The van der Waals surface area contributed by atoms with Crippen LogP contribution in [0.2, 0.25) is 0 Å². The molecule has 26 heavy (non-hydrogen) atoms. The number of anilines is 2. The third-order valence-electron chi connectivity index (χ3n) is 3.90. The van der Waals surface area contributed by atoms with Gasteiger partial charge >= 0.3 is 0 Å². The Balaban J connectivity index is 1.81. The summed E-state index contributed by atoms with van der Waals surface area (Å²) in [7, 11) is 1.54. The molecule has 0 aliphatic carbocycles. The van der Waals surface area contributed by atoms with Gasteiger partial charge in [-0.25, -0.2) is 0 Å². The zero-order chi connectivity index (χ0) is 19.1. The highest BCUT2D eigenvalue weighted by atomic mass is 16.5. The molecule has 0 fully saturated rings. The molecule has 0 saturated carbocycles. The number of hydrogen-bond donors (Lipinski definition) is 3. The van der Waals surface area contributed by atoms with E-state index in [0.29, 0.717) is 11.4 Å². The predicted octanol–water partition coefficient (Wildman–Crippen LogP) is 2.79. The molecule has 0 atom stereocenters. The van der Waals surface area contributed by atoms with E-state index in [1.807, 2.05) is 51.1 Å². The maximum atomic E-state index is 12.1. The van der Waals surface area contributed by atoms with E-state index in [9.17, 15) is 9.59 Å². The Labute approximate surface area is 153 Å². The fourth-order valence-corrected chi connectivity index (χ4v) is 2.54. The summed E-state index contributed by atoms with van der Waals surface area (Å²) < 4.78 is 5.22. The average Bonchev–Trinajstić information content (AvgIpc) is 2.59. The molecule has 6 nitrogen and oxygen atoms in total. The Morgan fingerprint density at radius 1 is 0.885 bits per heavy atom. The largest absolute Gasteiger partial charge is 0.495 e. The maximum Gasteiger partial charge on any atom is 0.243 e. The van der Waals surface area contributed by atoms with Crippen LogP contribution in [0, 0.1) is 20.8 Å². The number of rotatable bonds is 7. The van der Waals surface area contributed by atoms with Gasteiger partial charge < -0.3 is 20.7 Å². The Morgan fingerprint density at radius 3 is 2.27 bits per heavy atom. The third-order valence-corrected chi connectivity index (χ3v) is 3.90. The van der Waals surface area contributed by atoms with Crippen LogP contribution in [0.1, 0.15) is 16.7 Å². The highest BCUT2D eigenvalue weighted by molar-refractivity contribution is 5.96. The second kappa shape index (κ2) is 8.89. The lowest BCUT2D eigenvalue weighted by Crippen LogP contribution is -2.36. The zero-order valence-electron chi connectivity index (χ0n) is 15.6. The highest BCUT2D eigenvalue weighted by Crippen LogP contribution is 2.24. The van der Waals surface area contributed by atoms with Crippen LogP contribution in [0.15, 0.2) is 36.4 Å². The second-order valence-electron chi connectivity index (χ2n) is 6.20. The van der Waals surface area contributed by atoms with Crippen LogP contribution in [0.5, 0.6) is 5.75 Å². The Morgan fingerprint density at radius 2 is 1.58 bits per heavy atom. The molecule has 0 saturated heterocycles. The number of hydrogen-bond acceptors (Lipinski definition) is 4. The SMILES string of the molecule is COc1ccc(C)cc1NC(=O)CNC(=O)CNc1ccc(C)cc1C. The number of nitrogens with one attached hydrogen (secondary N) is 3. The molecule has 2 aromatic carbocycles. The molecule has 0 aliphatic heterocycles. The highest BCUT2D eigenvalue weighted by Gasteiger charge is 2.10. The molecule has 2 aromatic rings. The van der Waals surface area contributed by atoms with Crippen LogP contribution in [-0.2, 0) is 9.59 Å². The standard InChI is InChI=1S/C20H25N3O3/c1-13-5-7-16(15(3)9-13)21-11-19(24)22-12-20(25)23-17-10-14(2)6-8-18(17)26-4/h5-10,21H,11-12H2,1-4H3,(H,22,24)(H,23,25). The predicted molar refractivity (Wildman–Crippen MR) is 104 cm³/mol. The van der Waals surface area contributed by atoms with Crippen LogP contribution < -0.4 is 20.7 Å². The lowest BCUT2D eigenvalue weighted by molar-refractivity contribution is -0.122. The molecule has 0 aliphatic rings. The zero-order valence-corrected chi connectivity index (χ0v) is 15.6. The molecule has 0 radical (unpaired) electrons. The van der Waals surface area contributed by atoms with Crippen molar-refractivity contribution >= 4 is 23.2 Å². The van der Waals surface area contributed by atoms with E-state index in [-0.39, 0.29) is 24.9 Å². The van der Waals surface area contributed by atoms with Gasteiger partial charge in [0, 0.05) is 5.69 Å². The van der Waals surface area contributed by atoms with Crippen molar-refractivity contribution in [3.05, 3.63) is 53.1 Å². The minimum absolute atomic E-state index is 0.102. The van der Waals surface area contributed by atoms with Crippen molar-refractivity contribution in [2.75, 3.05) is 30.8 Å². The summed E-state index contributed by atoms with van der Waals surface area (Å²) >= 11 is 0. The number of amides is 2. The van der Waals surface area contributed by atoms with Gasteiger partial charge in [-0.15, -0.1) is 0 Å². The topological polar surface area (TPSA) is 79.5 Å². The van der Waals surface area contributed by atoms with E-state index in [1.165, 1.54) is 5.56 Å². The maximum absolute atomic E-state index is 12.1. The molecule has 0 aromatic heterocycles. The molecule has 2 amide bonds. The van der Waals surface area contributed by atoms with Gasteiger partial charge in [-0.2, -0.15) is 0 Å². The first-order valence-electron chi connectivity index (χ1n) is 8.41. The van der Waals surface area contributed by atoms with Crippen LogP contribution >= 0.6 is 0 Å². The molecule has 0 bridgehead atoms. The van der Waals surface area contributed by atoms with E-state index in [2.05, 4.69) is 16.0 Å². The van der Waals surface area contributed by atoms with Gasteiger partial charge in [0.1, 0.15) is 5.75 Å². The Hall–Kier alpha value is -3.02. The average molecular weight is 355 g/mol. The van der Waals surface area contributed by atoms with Gasteiger partial charge in [0.15, 0.2) is 0 Å². The monoisotopic (exact) mass is 355 g/mol. The van der Waals surface area contributed by atoms with Crippen molar-refractivity contribution in [3.8, 4) is 5.75 Å². The molecule has 2 rings (SSSR count). The van der Waals surface area contributed by atoms with Crippen molar-refractivity contribution in [2.45, 2.75) is 20.8 Å². The van der Waals surface area contributed by atoms with Crippen molar-refractivity contribution in [3.63, 3.8) is 0 Å². The second-order valence-corrected chi connectivity index (χ2v) is 6.20. The van der Waals surface area contributed by atoms with Crippen LogP contribution in [0.25, 0.3) is 0 Å². The normalized spacial score (nSPS) is 10.2. The van der Waals surface area contributed by atoms with E-state index in [4.69, 9.17) is 4.74 Å². The molecular formula is C20H25N3O3. The number of benzene rings is 2. The van der Waals surface area contributed by atoms with Crippen molar-refractivity contribution in [1.29, 1.82) is 0 Å². The molecule has 6 heteroatoms. The summed E-state index contributed by atoms with van der Waals surface area (Å²) in [6.07, 6.45) is 0. The lowest BCUT2D eigenvalue weighted by Gasteiger charge is -2.12. The number of carbonyl (C=O) groups is 2. The molecule has 3 N–H and O–H groups in total.